The number of rotatable bonds is 10. The van der Waals surface area contributed by atoms with Crippen LogP contribution in [0, 0.1) is 0 Å². The summed E-state index contributed by atoms with van der Waals surface area (Å²) in [5, 5.41) is 0. The fourth-order valence-corrected chi connectivity index (χ4v) is 4.96. The average molecular weight is 473 g/mol. The highest BCUT2D eigenvalue weighted by Gasteiger charge is 2.30. The molecule has 0 N–H and O–H groups in total. The summed E-state index contributed by atoms with van der Waals surface area (Å²) in [4.78, 5) is 1.66. The molecule has 0 saturated heterocycles. The number of hydrogen-bond acceptors (Lipinski definition) is 7. The first-order valence-electron chi connectivity index (χ1n) is 10.8. The fourth-order valence-electron chi connectivity index (χ4n) is 3.61. The topological polar surface area (TPSA) is 55.4 Å². The van der Waals surface area contributed by atoms with Crippen LogP contribution in [0.3, 0.4) is 0 Å². The van der Waals surface area contributed by atoms with E-state index in [1.807, 2.05) is 64.1 Å². The van der Waals surface area contributed by atoms with Gasteiger partial charge in [0, 0.05) is 0 Å². The molecule has 0 aliphatic carbocycles. The molecule has 0 atom stereocenters. The summed E-state index contributed by atoms with van der Waals surface area (Å²) >= 11 is 1.51. The van der Waals surface area contributed by atoms with Gasteiger partial charge in [0.05, 0.1) is 61.5 Å². The molecule has 178 valence electrons. The van der Waals surface area contributed by atoms with Crippen LogP contribution in [0.5, 0.6) is 34.5 Å². The van der Waals surface area contributed by atoms with Crippen molar-refractivity contribution in [3.8, 4) is 55.4 Å². The Morgan fingerprint density at radius 1 is 0.545 bits per heavy atom. The Hall–Kier alpha value is -3.06. The molecule has 0 radical (unpaired) electrons. The van der Waals surface area contributed by atoms with E-state index in [0.717, 1.165) is 20.9 Å². The van der Waals surface area contributed by atoms with Crippen LogP contribution in [0.25, 0.3) is 20.9 Å². The van der Waals surface area contributed by atoms with Crippen LogP contribution in [0.15, 0.2) is 36.4 Å². The van der Waals surface area contributed by atoms with E-state index < -0.39 is 0 Å². The average Bonchev–Trinajstić information content (AvgIpc) is 3.15. The van der Waals surface area contributed by atoms with Crippen LogP contribution in [-0.4, -0.2) is 40.6 Å². The quantitative estimate of drug-likeness (QED) is 0.328. The predicted molar refractivity (Wildman–Crippen MR) is 133 cm³/mol. The second kappa shape index (κ2) is 10.7. The number of ether oxygens (including phenoxy) is 6. The highest BCUT2D eigenvalue weighted by Crippen LogP contribution is 2.58. The number of methoxy groups -OCH3 is 4. The first kappa shape index (κ1) is 24.6. The van der Waals surface area contributed by atoms with Gasteiger partial charge in [-0.05, 0) is 52.0 Å². The third-order valence-corrected chi connectivity index (χ3v) is 6.01. The van der Waals surface area contributed by atoms with Gasteiger partial charge in [0.15, 0.2) is 11.5 Å². The minimum Gasteiger partial charge on any atom is -0.496 e. The normalized spacial score (nSPS) is 11.0. The largest absolute Gasteiger partial charge is 0.496 e. The molecule has 0 aliphatic heterocycles. The Morgan fingerprint density at radius 2 is 0.909 bits per heavy atom. The summed E-state index contributed by atoms with van der Waals surface area (Å²) in [6.07, 6.45) is -0.0214. The highest BCUT2D eigenvalue weighted by molar-refractivity contribution is 7.20. The summed E-state index contributed by atoms with van der Waals surface area (Å²) in [6, 6.07) is 11.5. The lowest BCUT2D eigenvalue weighted by Crippen LogP contribution is -2.07. The van der Waals surface area contributed by atoms with Gasteiger partial charge in [-0.3, -0.25) is 0 Å². The maximum atomic E-state index is 6.13. The molecule has 0 fully saturated rings. The van der Waals surface area contributed by atoms with Gasteiger partial charge in [-0.25, -0.2) is 0 Å². The third-order valence-electron chi connectivity index (χ3n) is 4.83. The van der Waals surface area contributed by atoms with Crippen LogP contribution < -0.4 is 28.4 Å². The molecule has 1 heterocycles. The molecule has 0 bridgehead atoms. The minimum atomic E-state index is -0.0107. The van der Waals surface area contributed by atoms with Gasteiger partial charge < -0.3 is 28.4 Å². The molecular formula is C26H32O6S. The van der Waals surface area contributed by atoms with Crippen molar-refractivity contribution < 1.29 is 28.4 Å². The van der Waals surface area contributed by atoms with Crippen molar-refractivity contribution in [3.05, 3.63) is 36.4 Å². The van der Waals surface area contributed by atoms with E-state index in [-0.39, 0.29) is 12.2 Å². The van der Waals surface area contributed by atoms with Crippen LogP contribution in [0.2, 0.25) is 0 Å². The second-order valence-electron chi connectivity index (χ2n) is 7.83. The Morgan fingerprint density at radius 3 is 1.21 bits per heavy atom. The molecule has 0 amide bonds. The molecule has 3 rings (SSSR count). The molecular weight excluding hydrogens is 440 g/mol. The van der Waals surface area contributed by atoms with E-state index in [9.17, 15) is 0 Å². The summed E-state index contributed by atoms with van der Waals surface area (Å²) < 4.78 is 35.4. The Labute approximate surface area is 200 Å². The van der Waals surface area contributed by atoms with Crippen LogP contribution >= 0.6 is 11.3 Å². The molecule has 0 unspecified atom stereocenters. The second-order valence-corrected chi connectivity index (χ2v) is 8.85. The van der Waals surface area contributed by atoms with E-state index in [0.29, 0.717) is 34.5 Å². The molecule has 6 nitrogen and oxygen atoms in total. The van der Waals surface area contributed by atoms with Crippen molar-refractivity contribution in [1.29, 1.82) is 0 Å². The zero-order valence-electron chi connectivity index (χ0n) is 20.5. The van der Waals surface area contributed by atoms with Crippen LogP contribution in [0.4, 0.5) is 0 Å². The van der Waals surface area contributed by atoms with Gasteiger partial charge in [0.25, 0.3) is 0 Å². The first-order chi connectivity index (χ1) is 15.9. The highest BCUT2D eigenvalue weighted by atomic mass is 32.1. The Kier molecular flexibility index (Phi) is 7.97. The predicted octanol–water partition coefficient (Wildman–Crippen LogP) is 6.69. The van der Waals surface area contributed by atoms with Crippen molar-refractivity contribution in [2.75, 3.05) is 28.4 Å². The molecule has 0 spiro atoms. The minimum absolute atomic E-state index is 0.0107. The van der Waals surface area contributed by atoms with E-state index >= 15 is 0 Å². The lowest BCUT2D eigenvalue weighted by molar-refractivity contribution is 0.242. The number of hydrogen-bond donors (Lipinski definition) is 0. The number of benzene rings is 2. The molecule has 0 saturated carbocycles. The summed E-state index contributed by atoms with van der Waals surface area (Å²) in [5.74, 6) is 3.96. The monoisotopic (exact) mass is 472 g/mol. The Bertz CT molecular complexity index is 1000. The van der Waals surface area contributed by atoms with Crippen molar-refractivity contribution in [3.63, 3.8) is 0 Å². The maximum Gasteiger partial charge on any atom is 0.180 e. The summed E-state index contributed by atoms with van der Waals surface area (Å²) in [6.45, 7) is 7.97. The van der Waals surface area contributed by atoms with E-state index in [2.05, 4.69) is 0 Å². The molecule has 1 aromatic heterocycles. The van der Waals surface area contributed by atoms with Gasteiger partial charge in [-0.2, -0.15) is 0 Å². The molecule has 3 aromatic rings. The van der Waals surface area contributed by atoms with Gasteiger partial charge >= 0.3 is 0 Å². The SMILES string of the molecule is COc1cccc(OC(C)C)c1-c1sc(-c2c(OC)cccc2OC(C)C)c(OC)c1OC. The fraction of sp³-hybridized carbons (Fsp3) is 0.385. The van der Waals surface area contributed by atoms with E-state index in [1.165, 1.54) is 11.3 Å². The van der Waals surface area contributed by atoms with Crippen molar-refractivity contribution in [2.24, 2.45) is 0 Å². The zero-order valence-corrected chi connectivity index (χ0v) is 21.3. The molecule has 7 heteroatoms. The standard InChI is InChI=1S/C26H32O6S/c1-15(2)31-19-13-9-11-17(27-5)21(19)25-23(29-7)24(30-8)26(33-25)22-18(28-6)12-10-14-20(22)32-16(3)4/h9-16H,1-8H3. The summed E-state index contributed by atoms with van der Waals surface area (Å²) in [7, 11) is 6.55. The molecule has 33 heavy (non-hydrogen) atoms. The maximum absolute atomic E-state index is 6.13. The van der Waals surface area contributed by atoms with E-state index in [4.69, 9.17) is 28.4 Å². The van der Waals surface area contributed by atoms with Gasteiger partial charge in [-0.15, -0.1) is 11.3 Å². The third kappa shape index (κ3) is 4.98. The van der Waals surface area contributed by atoms with Crippen molar-refractivity contribution in [1.82, 2.24) is 0 Å². The van der Waals surface area contributed by atoms with Crippen LogP contribution in [-0.2, 0) is 0 Å². The van der Waals surface area contributed by atoms with Crippen molar-refractivity contribution >= 4 is 11.3 Å². The summed E-state index contributed by atoms with van der Waals surface area (Å²) in [5.41, 5.74) is 1.61. The van der Waals surface area contributed by atoms with Gasteiger partial charge in [0.2, 0.25) is 0 Å². The Balaban J connectivity index is 2.36. The smallest absolute Gasteiger partial charge is 0.180 e. The van der Waals surface area contributed by atoms with Crippen LogP contribution in [0.1, 0.15) is 27.7 Å². The lowest BCUT2D eigenvalue weighted by Gasteiger charge is -2.17. The van der Waals surface area contributed by atoms with Crippen molar-refractivity contribution in [2.45, 2.75) is 39.9 Å². The van der Waals surface area contributed by atoms with Gasteiger partial charge in [-0.1, -0.05) is 12.1 Å². The zero-order chi connectivity index (χ0) is 24.1. The molecule has 0 aliphatic rings. The van der Waals surface area contributed by atoms with Gasteiger partial charge in [0.1, 0.15) is 23.0 Å². The van der Waals surface area contributed by atoms with E-state index in [1.54, 1.807) is 28.4 Å². The number of thiophene rings is 1. The first-order valence-corrected chi connectivity index (χ1v) is 11.6. The molecule has 2 aromatic carbocycles. The lowest BCUT2D eigenvalue weighted by atomic mass is 10.1.